The van der Waals surface area contributed by atoms with E-state index in [1.807, 2.05) is 30.5 Å². The monoisotopic (exact) mass is 377 g/mol. The Bertz CT molecular complexity index is 670. The van der Waals surface area contributed by atoms with Crippen molar-refractivity contribution in [3.63, 3.8) is 0 Å². The molecule has 1 saturated heterocycles. The van der Waals surface area contributed by atoms with Gasteiger partial charge in [0.25, 0.3) is 5.91 Å². The zero-order valence-corrected chi connectivity index (χ0v) is 16.1. The van der Waals surface area contributed by atoms with Gasteiger partial charge in [0.2, 0.25) is 0 Å². The Balaban J connectivity index is 1.62. The van der Waals surface area contributed by atoms with Gasteiger partial charge in [0.15, 0.2) is 6.54 Å². The van der Waals surface area contributed by atoms with E-state index in [2.05, 4.69) is 22.8 Å². The molecular weight excluding hydrogens is 352 g/mol. The van der Waals surface area contributed by atoms with Gasteiger partial charge >= 0.3 is 0 Å². The quantitative estimate of drug-likeness (QED) is 0.695. The zero-order chi connectivity index (χ0) is 17.5. The van der Waals surface area contributed by atoms with E-state index in [4.69, 9.17) is 4.74 Å². The fourth-order valence-corrected chi connectivity index (χ4v) is 4.49. The largest absolute Gasteiger partial charge is 0.372 e. The van der Waals surface area contributed by atoms with Crippen LogP contribution in [0, 0.1) is 0 Å². The van der Waals surface area contributed by atoms with Crippen molar-refractivity contribution in [3.05, 3.63) is 46.7 Å². The number of hydrogen-bond donors (Lipinski definition) is 2. The van der Waals surface area contributed by atoms with E-state index in [1.165, 1.54) is 9.78 Å². The van der Waals surface area contributed by atoms with Crippen LogP contribution in [0.1, 0.15) is 17.7 Å². The van der Waals surface area contributed by atoms with Gasteiger partial charge in [-0.1, -0.05) is 18.2 Å². The van der Waals surface area contributed by atoms with Crippen molar-refractivity contribution < 1.29 is 14.4 Å². The van der Waals surface area contributed by atoms with Crippen molar-refractivity contribution in [1.29, 1.82) is 0 Å². The third-order valence-corrected chi connectivity index (χ3v) is 6.01. The fraction of sp³-hybridized carbons (Fsp3) is 0.421. The fourth-order valence-electron chi connectivity index (χ4n) is 3.16. The van der Waals surface area contributed by atoms with Gasteiger partial charge in [0.05, 0.1) is 10.6 Å². The number of thiophene rings is 1. The molecule has 1 fully saturated rings. The van der Waals surface area contributed by atoms with E-state index in [0.717, 1.165) is 43.1 Å². The van der Waals surface area contributed by atoms with Gasteiger partial charge in [-0.3, -0.25) is 4.79 Å². The van der Waals surface area contributed by atoms with Crippen LogP contribution in [0.15, 0.2) is 46.7 Å². The predicted molar refractivity (Wildman–Crippen MR) is 105 cm³/mol. The molecule has 3 rings (SSSR count). The molecule has 1 aliphatic rings. The SMILES string of the molecule is CSc1ccccc1NC(=O)C[NH+](Cc1cccs1)C[C@H]1CCCO1. The average molecular weight is 378 g/mol. The number of quaternary nitrogens is 1. The Kier molecular flexibility index (Phi) is 6.93. The zero-order valence-electron chi connectivity index (χ0n) is 14.5. The molecule has 2 N–H and O–H groups in total. The van der Waals surface area contributed by atoms with Crippen molar-refractivity contribution in [3.8, 4) is 0 Å². The first-order valence-electron chi connectivity index (χ1n) is 8.65. The molecule has 2 heterocycles. The summed E-state index contributed by atoms with van der Waals surface area (Å²) in [6, 6.07) is 12.1. The van der Waals surface area contributed by atoms with Gasteiger partial charge < -0.3 is 15.0 Å². The van der Waals surface area contributed by atoms with Crippen molar-refractivity contribution in [2.75, 3.05) is 31.3 Å². The molecule has 2 aromatic rings. The standard InChI is InChI=1S/C19H24N2O2S2/c1-24-18-9-3-2-8-17(18)20-19(22)14-21(12-15-6-4-10-23-15)13-16-7-5-11-25-16/h2-3,5,7-9,11,15H,4,6,10,12-14H2,1H3,(H,20,22)/p+1/t15-/m1/s1. The highest BCUT2D eigenvalue weighted by Gasteiger charge is 2.24. The van der Waals surface area contributed by atoms with Crippen molar-refractivity contribution in [2.24, 2.45) is 0 Å². The molecule has 0 bridgehead atoms. The third-order valence-electron chi connectivity index (χ3n) is 4.34. The maximum Gasteiger partial charge on any atom is 0.279 e. The number of rotatable bonds is 8. The molecular formula is C19H25N2O2S2+. The second kappa shape index (κ2) is 9.38. The number of benzene rings is 1. The first-order valence-corrected chi connectivity index (χ1v) is 10.8. The number of nitrogens with one attached hydrogen (secondary N) is 2. The molecule has 0 radical (unpaired) electrons. The number of para-hydroxylation sites is 1. The Hall–Kier alpha value is -1.34. The minimum atomic E-state index is 0.0612. The topological polar surface area (TPSA) is 42.8 Å². The molecule has 2 atom stereocenters. The summed E-state index contributed by atoms with van der Waals surface area (Å²) in [5, 5.41) is 5.17. The number of hydrogen-bond acceptors (Lipinski definition) is 4. The van der Waals surface area contributed by atoms with Gasteiger partial charge in [0, 0.05) is 11.5 Å². The number of anilines is 1. The van der Waals surface area contributed by atoms with Crippen LogP contribution in [0.5, 0.6) is 0 Å². The summed E-state index contributed by atoms with van der Waals surface area (Å²) in [6.45, 7) is 3.06. The second-order valence-corrected chi connectivity index (χ2v) is 8.15. The summed E-state index contributed by atoms with van der Waals surface area (Å²) in [4.78, 5) is 16.3. The van der Waals surface area contributed by atoms with Gasteiger partial charge in [-0.2, -0.15) is 0 Å². The first-order chi connectivity index (χ1) is 12.2. The lowest BCUT2D eigenvalue weighted by atomic mass is 10.2. The molecule has 134 valence electrons. The van der Waals surface area contributed by atoms with Crippen molar-refractivity contribution in [2.45, 2.75) is 30.4 Å². The summed E-state index contributed by atoms with van der Waals surface area (Å²) >= 11 is 3.40. The van der Waals surface area contributed by atoms with Crippen LogP contribution in [-0.2, 0) is 16.1 Å². The minimum Gasteiger partial charge on any atom is -0.372 e. The Labute approximate surface area is 157 Å². The lowest BCUT2D eigenvalue weighted by molar-refractivity contribution is -0.908. The van der Waals surface area contributed by atoms with Gasteiger partial charge in [0.1, 0.15) is 19.2 Å². The van der Waals surface area contributed by atoms with E-state index < -0.39 is 0 Å². The molecule has 1 aliphatic heterocycles. The van der Waals surface area contributed by atoms with E-state index >= 15 is 0 Å². The molecule has 6 heteroatoms. The molecule has 25 heavy (non-hydrogen) atoms. The van der Waals surface area contributed by atoms with Gasteiger partial charge in [-0.25, -0.2) is 0 Å². The van der Waals surface area contributed by atoms with Gasteiger partial charge in [-0.05, 0) is 42.7 Å². The van der Waals surface area contributed by atoms with E-state index in [9.17, 15) is 4.79 Å². The summed E-state index contributed by atoms with van der Waals surface area (Å²) < 4.78 is 5.79. The molecule has 1 unspecified atom stereocenters. The second-order valence-electron chi connectivity index (χ2n) is 6.27. The highest BCUT2D eigenvalue weighted by Crippen LogP contribution is 2.24. The highest BCUT2D eigenvalue weighted by molar-refractivity contribution is 7.98. The summed E-state index contributed by atoms with van der Waals surface area (Å²) in [6.07, 6.45) is 4.53. The Morgan fingerprint density at radius 3 is 2.96 bits per heavy atom. The number of amides is 1. The van der Waals surface area contributed by atoms with E-state index in [0.29, 0.717) is 6.54 Å². The number of carbonyl (C=O) groups excluding carboxylic acids is 1. The summed E-state index contributed by atoms with van der Waals surface area (Å²) in [7, 11) is 0. The van der Waals surface area contributed by atoms with E-state index in [1.54, 1.807) is 23.1 Å². The molecule has 1 amide bonds. The van der Waals surface area contributed by atoms with Crippen LogP contribution in [0.3, 0.4) is 0 Å². The molecule has 1 aromatic carbocycles. The number of thioether (sulfide) groups is 1. The molecule has 0 aliphatic carbocycles. The molecule has 4 nitrogen and oxygen atoms in total. The Morgan fingerprint density at radius 2 is 2.24 bits per heavy atom. The van der Waals surface area contributed by atoms with Crippen LogP contribution in [-0.4, -0.2) is 38.0 Å². The van der Waals surface area contributed by atoms with Crippen LogP contribution in [0.25, 0.3) is 0 Å². The van der Waals surface area contributed by atoms with Crippen molar-refractivity contribution >= 4 is 34.7 Å². The molecule has 0 spiro atoms. The van der Waals surface area contributed by atoms with Crippen LogP contribution >= 0.6 is 23.1 Å². The van der Waals surface area contributed by atoms with Crippen LogP contribution < -0.4 is 10.2 Å². The maximum absolute atomic E-state index is 12.6. The normalized spacial score (nSPS) is 18.2. The molecule has 1 aromatic heterocycles. The van der Waals surface area contributed by atoms with E-state index in [-0.39, 0.29) is 12.0 Å². The first kappa shape index (κ1) is 18.5. The van der Waals surface area contributed by atoms with Crippen LogP contribution in [0.2, 0.25) is 0 Å². The third kappa shape index (κ3) is 5.57. The number of ether oxygens (including phenoxy) is 1. The predicted octanol–water partition coefficient (Wildman–Crippen LogP) is 2.67. The molecule has 0 saturated carbocycles. The van der Waals surface area contributed by atoms with Crippen molar-refractivity contribution in [1.82, 2.24) is 0 Å². The van der Waals surface area contributed by atoms with Crippen LogP contribution in [0.4, 0.5) is 5.69 Å². The number of carbonyl (C=O) groups is 1. The summed E-state index contributed by atoms with van der Waals surface area (Å²) in [5.41, 5.74) is 0.896. The Morgan fingerprint density at radius 1 is 1.36 bits per heavy atom. The summed E-state index contributed by atoms with van der Waals surface area (Å²) in [5.74, 6) is 0.0612. The highest BCUT2D eigenvalue weighted by atomic mass is 32.2. The smallest absolute Gasteiger partial charge is 0.279 e. The average Bonchev–Trinajstić information content (AvgIpc) is 3.29. The lowest BCUT2D eigenvalue weighted by Crippen LogP contribution is -3.12. The lowest BCUT2D eigenvalue weighted by Gasteiger charge is -2.21. The minimum absolute atomic E-state index is 0.0612. The van der Waals surface area contributed by atoms with Gasteiger partial charge in [-0.15, -0.1) is 23.1 Å². The maximum atomic E-state index is 12.6.